The number of nitriles is 1. The first-order valence-corrected chi connectivity index (χ1v) is 6.49. The molecular weight excluding hydrogens is 242 g/mol. The first-order chi connectivity index (χ1) is 9.11. The molecule has 1 aromatic rings. The lowest BCUT2D eigenvalue weighted by Gasteiger charge is -2.29. The van der Waals surface area contributed by atoms with Gasteiger partial charge in [0.1, 0.15) is 11.9 Å². The molecule has 1 aromatic heterocycles. The molecule has 2 rings (SSSR count). The Morgan fingerprint density at radius 1 is 1.47 bits per heavy atom. The predicted molar refractivity (Wildman–Crippen MR) is 70.7 cm³/mol. The van der Waals surface area contributed by atoms with Gasteiger partial charge in [-0.1, -0.05) is 12.8 Å². The standard InChI is InChI=1S/C14H17N3O2/c1-9-6-7-10(8-15)13(16-9)17-12-5-3-2-4-11(12)14(18)19/h6-7,11-12H,2-5H2,1H3,(H,16,17)(H,18,19). The van der Waals surface area contributed by atoms with E-state index in [0.717, 1.165) is 25.0 Å². The van der Waals surface area contributed by atoms with E-state index < -0.39 is 11.9 Å². The zero-order valence-electron chi connectivity index (χ0n) is 10.9. The quantitative estimate of drug-likeness (QED) is 0.870. The number of aryl methyl sites for hydroxylation is 1. The number of rotatable bonds is 3. The average molecular weight is 259 g/mol. The highest BCUT2D eigenvalue weighted by atomic mass is 16.4. The molecule has 1 aliphatic rings. The van der Waals surface area contributed by atoms with Crippen LogP contribution < -0.4 is 5.32 Å². The minimum absolute atomic E-state index is 0.146. The number of nitrogens with zero attached hydrogens (tertiary/aromatic N) is 2. The molecule has 1 aliphatic carbocycles. The first kappa shape index (κ1) is 13.3. The highest BCUT2D eigenvalue weighted by Gasteiger charge is 2.31. The Morgan fingerprint density at radius 3 is 2.89 bits per heavy atom. The lowest BCUT2D eigenvalue weighted by atomic mass is 9.84. The van der Waals surface area contributed by atoms with Gasteiger partial charge in [0.15, 0.2) is 0 Å². The average Bonchev–Trinajstić information content (AvgIpc) is 2.39. The van der Waals surface area contributed by atoms with Crippen LogP contribution >= 0.6 is 0 Å². The van der Waals surface area contributed by atoms with Crippen LogP contribution in [0.15, 0.2) is 12.1 Å². The van der Waals surface area contributed by atoms with Crippen molar-refractivity contribution in [2.75, 3.05) is 5.32 Å². The fourth-order valence-electron chi connectivity index (χ4n) is 2.53. The number of hydrogen-bond acceptors (Lipinski definition) is 4. The van der Waals surface area contributed by atoms with Crippen molar-refractivity contribution in [1.29, 1.82) is 5.26 Å². The Hall–Kier alpha value is -2.09. The van der Waals surface area contributed by atoms with Gasteiger partial charge < -0.3 is 10.4 Å². The van der Waals surface area contributed by atoms with Gasteiger partial charge in [-0.25, -0.2) is 4.98 Å². The number of aromatic nitrogens is 1. The number of pyridine rings is 1. The van der Waals surface area contributed by atoms with Crippen LogP contribution in [0.5, 0.6) is 0 Å². The molecule has 0 spiro atoms. The summed E-state index contributed by atoms with van der Waals surface area (Å²) in [4.78, 5) is 15.6. The second-order valence-electron chi connectivity index (χ2n) is 4.94. The van der Waals surface area contributed by atoms with Crippen molar-refractivity contribution < 1.29 is 9.90 Å². The molecular formula is C14H17N3O2. The van der Waals surface area contributed by atoms with Crippen molar-refractivity contribution in [3.05, 3.63) is 23.4 Å². The topological polar surface area (TPSA) is 86.0 Å². The molecule has 1 saturated carbocycles. The van der Waals surface area contributed by atoms with Crippen molar-refractivity contribution in [3.8, 4) is 6.07 Å². The molecule has 5 heteroatoms. The molecule has 19 heavy (non-hydrogen) atoms. The molecule has 0 aliphatic heterocycles. The van der Waals surface area contributed by atoms with E-state index in [1.807, 2.05) is 6.92 Å². The third kappa shape index (κ3) is 3.02. The van der Waals surface area contributed by atoms with Crippen LogP contribution in [0.25, 0.3) is 0 Å². The summed E-state index contributed by atoms with van der Waals surface area (Å²) in [5.41, 5.74) is 1.27. The normalized spacial score (nSPS) is 22.5. The summed E-state index contributed by atoms with van der Waals surface area (Å²) in [6, 6.07) is 5.43. The van der Waals surface area contributed by atoms with Crippen LogP contribution in [0.1, 0.15) is 36.9 Å². The van der Waals surface area contributed by atoms with E-state index in [1.54, 1.807) is 12.1 Å². The Labute approximate surface area is 112 Å². The maximum absolute atomic E-state index is 11.3. The minimum atomic E-state index is -0.775. The van der Waals surface area contributed by atoms with Gasteiger partial charge in [0.05, 0.1) is 11.5 Å². The summed E-state index contributed by atoms with van der Waals surface area (Å²) >= 11 is 0. The molecule has 1 heterocycles. The number of hydrogen-bond donors (Lipinski definition) is 2. The van der Waals surface area contributed by atoms with Crippen LogP contribution in [0.3, 0.4) is 0 Å². The monoisotopic (exact) mass is 259 g/mol. The van der Waals surface area contributed by atoms with E-state index in [0.29, 0.717) is 17.8 Å². The fraction of sp³-hybridized carbons (Fsp3) is 0.500. The molecule has 2 N–H and O–H groups in total. The van der Waals surface area contributed by atoms with E-state index in [9.17, 15) is 9.90 Å². The van der Waals surface area contributed by atoms with Crippen LogP contribution in [0, 0.1) is 24.2 Å². The predicted octanol–water partition coefficient (Wildman–Crippen LogP) is 2.32. The van der Waals surface area contributed by atoms with E-state index in [-0.39, 0.29) is 6.04 Å². The van der Waals surface area contributed by atoms with Crippen LogP contribution in [-0.2, 0) is 4.79 Å². The van der Waals surface area contributed by atoms with Gasteiger partial charge in [0.25, 0.3) is 0 Å². The maximum Gasteiger partial charge on any atom is 0.308 e. The van der Waals surface area contributed by atoms with Gasteiger partial charge in [-0.05, 0) is 31.9 Å². The van der Waals surface area contributed by atoms with Gasteiger partial charge in [-0.3, -0.25) is 4.79 Å². The number of nitrogens with one attached hydrogen (secondary N) is 1. The molecule has 100 valence electrons. The Balaban J connectivity index is 2.22. The molecule has 0 radical (unpaired) electrons. The largest absolute Gasteiger partial charge is 0.481 e. The molecule has 1 fully saturated rings. The van der Waals surface area contributed by atoms with Crippen LogP contribution in [0.2, 0.25) is 0 Å². The number of aliphatic carboxylic acids is 1. The molecule has 0 aromatic carbocycles. The number of carboxylic acids is 1. The lowest BCUT2D eigenvalue weighted by Crippen LogP contribution is -2.37. The summed E-state index contributed by atoms with van der Waals surface area (Å²) in [5, 5.41) is 21.5. The maximum atomic E-state index is 11.3. The zero-order valence-corrected chi connectivity index (χ0v) is 10.9. The molecule has 0 bridgehead atoms. The van der Waals surface area contributed by atoms with Crippen molar-refractivity contribution in [1.82, 2.24) is 4.98 Å². The SMILES string of the molecule is Cc1ccc(C#N)c(NC2CCCCC2C(=O)O)n1. The smallest absolute Gasteiger partial charge is 0.308 e. The van der Waals surface area contributed by atoms with Gasteiger partial charge in [-0.2, -0.15) is 5.26 Å². The fourth-order valence-corrected chi connectivity index (χ4v) is 2.53. The van der Waals surface area contributed by atoms with Crippen molar-refractivity contribution in [3.63, 3.8) is 0 Å². The molecule has 0 amide bonds. The summed E-state index contributed by atoms with van der Waals surface area (Å²) in [6.45, 7) is 1.85. The van der Waals surface area contributed by atoms with Gasteiger partial charge in [-0.15, -0.1) is 0 Å². The second-order valence-corrected chi connectivity index (χ2v) is 4.94. The van der Waals surface area contributed by atoms with Gasteiger partial charge >= 0.3 is 5.97 Å². The Kier molecular flexibility index (Phi) is 4.00. The highest BCUT2D eigenvalue weighted by Crippen LogP contribution is 2.28. The Morgan fingerprint density at radius 2 is 2.21 bits per heavy atom. The van der Waals surface area contributed by atoms with Crippen molar-refractivity contribution >= 4 is 11.8 Å². The number of carbonyl (C=O) groups is 1. The zero-order chi connectivity index (χ0) is 13.8. The highest BCUT2D eigenvalue weighted by molar-refractivity contribution is 5.72. The lowest BCUT2D eigenvalue weighted by molar-refractivity contribution is -0.143. The molecule has 5 nitrogen and oxygen atoms in total. The summed E-state index contributed by atoms with van der Waals surface area (Å²) in [6.07, 6.45) is 3.44. The molecule has 0 saturated heterocycles. The third-order valence-electron chi connectivity index (χ3n) is 3.56. The summed E-state index contributed by atoms with van der Waals surface area (Å²) in [7, 11) is 0. The van der Waals surface area contributed by atoms with E-state index in [4.69, 9.17) is 5.26 Å². The van der Waals surface area contributed by atoms with E-state index >= 15 is 0 Å². The second kappa shape index (κ2) is 5.70. The van der Waals surface area contributed by atoms with Gasteiger partial charge in [0.2, 0.25) is 0 Å². The number of carboxylic acid groups (broad SMARTS) is 1. The Bertz CT molecular complexity index is 522. The molecule has 2 unspecified atom stereocenters. The van der Waals surface area contributed by atoms with Gasteiger partial charge in [0, 0.05) is 11.7 Å². The third-order valence-corrected chi connectivity index (χ3v) is 3.56. The van der Waals surface area contributed by atoms with Crippen molar-refractivity contribution in [2.24, 2.45) is 5.92 Å². The molecule has 2 atom stereocenters. The summed E-state index contributed by atoms with van der Waals surface area (Å²) in [5.74, 6) is -0.674. The van der Waals surface area contributed by atoms with Crippen molar-refractivity contribution in [2.45, 2.75) is 38.6 Å². The summed E-state index contributed by atoms with van der Waals surface area (Å²) < 4.78 is 0. The number of anilines is 1. The first-order valence-electron chi connectivity index (χ1n) is 6.49. The van der Waals surface area contributed by atoms with E-state index in [1.165, 1.54) is 0 Å². The minimum Gasteiger partial charge on any atom is -0.481 e. The van der Waals surface area contributed by atoms with Crippen LogP contribution in [0.4, 0.5) is 5.82 Å². The van der Waals surface area contributed by atoms with Crippen LogP contribution in [-0.4, -0.2) is 22.1 Å². The van der Waals surface area contributed by atoms with E-state index in [2.05, 4.69) is 16.4 Å².